The van der Waals surface area contributed by atoms with E-state index in [0.29, 0.717) is 0 Å². The van der Waals surface area contributed by atoms with Crippen LogP contribution in [0.3, 0.4) is 0 Å². The molecule has 1 fully saturated rings. The zero-order valence-corrected chi connectivity index (χ0v) is 12.7. The van der Waals surface area contributed by atoms with Crippen LogP contribution in [0.2, 0.25) is 0 Å². The molecule has 18 heavy (non-hydrogen) atoms. The molecule has 0 amide bonds. The summed E-state index contributed by atoms with van der Waals surface area (Å²) in [5.41, 5.74) is 0. The Bertz CT molecular complexity index is 196. The summed E-state index contributed by atoms with van der Waals surface area (Å²) in [4.78, 5) is 0. The van der Waals surface area contributed by atoms with Gasteiger partial charge in [-0.25, -0.2) is 0 Å². The van der Waals surface area contributed by atoms with Gasteiger partial charge in [-0.3, -0.25) is 0 Å². The van der Waals surface area contributed by atoms with Crippen LogP contribution in [0, 0.1) is 17.8 Å². The second-order valence-electron chi connectivity index (χ2n) is 6.02. The monoisotopic (exact) mass is 255 g/mol. The van der Waals surface area contributed by atoms with Gasteiger partial charge in [0.1, 0.15) is 0 Å². The Hall–Kier alpha value is -0.0800. The Labute approximate surface area is 114 Å². The van der Waals surface area contributed by atoms with Crippen LogP contribution >= 0.6 is 0 Å². The molecule has 0 spiro atoms. The Balaban J connectivity index is 2.45. The van der Waals surface area contributed by atoms with Gasteiger partial charge in [-0.1, -0.05) is 33.1 Å². The van der Waals surface area contributed by atoms with E-state index in [9.17, 15) is 0 Å². The van der Waals surface area contributed by atoms with E-state index in [-0.39, 0.29) is 0 Å². The largest absolute Gasteiger partial charge is 0.385 e. The lowest BCUT2D eigenvalue weighted by Gasteiger charge is -2.31. The van der Waals surface area contributed by atoms with E-state index in [4.69, 9.17) is 4.74 Å². The molecule has 2 heteroatoms. The molecular formula is C16H33NO. The quantitative estimate of drug-likeness (QED) is 0.525. The predicted octanol–water partition coefficient (Wildman–Crippen LogP) is 3.86. The molecule has 108 valence electrons. The third-order valence-electron chi connectivity index (χ3n) is 4.56. The van der Waals surface area contributed by atoms with E-state index in [1.165, 1.54) is 58.0 Å². The summed E-state index contributed by atoms with van der Waals surface area (Å²) in [5, 5.41) is 3.64. The number of hydrogen-bond acceptors (Lipinski definition) is 2. The molecule has 0 heterocycles. The Morgan fingerprint density at radius 1 is 1.22 bits per heavy atom. The van der Waals surface area contributed by atoms with Crippen LogP contribution in [0.1, 0.15) is 58.8 Å². The van der Waals surface area contributed by atoms with Crippen LogP contribution in [-0.2, 0) is 4.74 Å². The highest BCUT2D eigenvalue weighted by molar-refractivity contribution is 4.79. The van der Waals surface area contributed by atoms with Gasteiger partial charge < -0.3 is 10.1 Å². The van der Waals surface area contributed by atoms with Crippen molar-refractivity contribution in [2.45, 2.75) is 58.8 Å². The van der Waals surface area contributed by atoms with Crippen LogP contribution in [0.5, 0.6) is 0 Å². The standard InChI is InChI=1S/C16H33NO/c1-4-11-17-13-15-8-6-5-7-9-16(15)14(2)10-12-18-3/h14-17H,4-13H2,1-3H3. The maximum Gasteiger partial charge on any atom is 0.0464 e. The van der Waals surface area contributed by atoms with Gasteiger partial charge in [0, 0.05) is 13.7 Å². The Morgan fingerprint density at radius 2 is 2.00 bits per heavy atom. The zero-order chi connectivity index (χ0) is 13.2. The van der Waals surface area contributed by atoms with Crippen LogP contribution in [-0.4, -0.2) is 26.8 Å². The molecule has 0 aromatic carbocycles. The lowest BCUT2D eigenvalue weighted by atomic mass is 9.78. The molecule has 3 atom stereocenters. The normalized spacial score (nSPS) is 26.8. The average Bonchev–Trinajstić information content (AvgIpc) is 2.62. The van der Waals surface area contributed by atoms with Crippen molar-refractivity contribution in [1.29, 1.82) is 0 Å². The first-order valence-corrected chi connectivity index (χ1v) is 7.99. The van der Waals surface area contributed by atoms with Crippen molar-refractivity contribution in [3.63, 3.8) is 0 Å². The van der Waals surface area contributed by atoms with E-state index >= 15 is 0 Å². The molecule has 2 nitrogen and oxygen atoms in total. The van der Waals surface area contributed by atoms with Crippen LogP contribution in [0.15, 0.2) is 0 Å². The molecule has 1 aliphatic carbocycles. The van der Waals surface area contributed by atoms with Crippen molar-refractivity contribution >= 4 is 0 Å². The molecule has 1 saturated carbocycles. The summed E-state index contributed by atoms with van der Waals surface area (Å²) >= 11 is 0. The van der Waals surface area contributed by atoms with Crippen LogP contribution in [0.25, 0.3) is 0 Å². The predicted molar refractivity (Wildman–Crippen MR) is 78.9 cm³/mol. The van der Waals surface area contributed by atoms with Crippen molar-refractivity contribution in [3.8, 4) is 0 Å². The lowest BCUT2D eigenvalue weighted by Crippen LogP contribution is -2.31. The molecule has 0 aliphatic heterocycles. The first-order valence-electron chi connectivity index (χ1n) is 7.99. The highest BCUT2D eigenvalue weighted by atomic mass is 16.5. The fraction of sp³-hybridized carbons (Fsp3) is 1.00. The Kier molecular flexibility index (Phi) is 8.70. The highest BCUT2D eigenvalue weighted by Gasteiger charge is 2.27. The van der Waals surface area contributed by atoms with Gasteiger partial charge in [-0.2, -0.15) is 0 Å². The van der Waals surface area contributed by atoms with Crippen molar-refractivity contribution in [3.05, 3.63) is 0 Å². The van der Waals surface area contributed by atoms with E-state index in [0.717, 1.165) is 24.4 Å². The first-order chi connectivity index (χ1) is 8.79. The third-order valence-corrected chi connectivity index (χ3v) is 4.56. The van der Waals surface area contributed by atoms with Crippen molar-refractivity contribution in [1.82, 2.24) is 5.32 Å². The second kappa shape index (κ2) is 9.80. The molecule has 0 aromatic rings. The summed E-state index contributed by atoms with van der Waals surface area (Å²) < 4.78 is 5.25. The lowest BCUT2D eigenvalue weighted by molar-refractivity contribution is 0.141. The topological polar surface area (TPSA) is 21.3 Å². The van der Waals surface area contributed by atoms with Crippen molar-refractivity contribution in [2.75, 3.05) is 26.8 Å². The first kappa shape index (κ1) is 16.0. The molecule has 1 rings (SSSR count). The van der Waals surface area contributed by atoms with Gasteiger partial charge in [0.05, 0.1) is 0 Å². The molecule has 0 bridgehead atoms. The maximum atomic E-state index is 5.25. The van der Waals surface area contributed by atoms with Crippen molar-refractivity contribution < 1.29 is 4.74 Å². The fourth-order valence-electron chi connectivity index (χ4n) is 3.40. The number of ether oxygens (including phenoxy) is 1. The van der Waals surface area contributed by atoms with Gasteiger partial charge in [-0.15, -0.1) is 0 Å². The fourth-order valence-corrected chi connectivity index (χ4v) is 3.40. The minimum absolute atomic E-state index is 0.816. The SMILES string of the molecule is CCCNCC1CCCCCC1C(C)CCOC. The molecule has 0 radical (unpaired) electrons. The molecule has 3 unspecified atom stereocenters. The maximum absolute atomic E-state index is 5.25. The Morgan fingerprint density at radius 3 is 2.72 bits per heavy atom. The van der Waals surface area contributed by atoms with Gasteiger partial charge in [0.25, 0.3) is 0 Å². The van der Waals surface area contributed by atoms with Gasteiger partial charge >= 0.3 is 0 Å². The van der Waals surface area contributed by atoms with Gasteiger partial charge in [0.2, 0.25) is 0 Å². The molecule has 1 N–H and O–H groups in total. The van der Waals surface area contributed by atoms with E-state index < -0.39 is 0 Å². The summed E-state index contributed by atoms with van der Waals surface area (Å²) in [7, 11) is 1.82. The minimum Gasteiger partial charge on any atom is -0.385 e. The number of nitrogens with one attached hydrogen (secondary N) is 1. The third kappa shape index (κ3) is 5.71. The summed E-state index contributed by atoms with van der Waals surface area (Å²) in [6.07, 6.45) is 9.65. The van der Waals surface area contributed by atoms with Gasteiger partial charge in [0.15, 0.2) is 0 Å². The average molecular weight is 255 g/mol. The molecule has 1 aliphatic rings. The van der Waals surface area contributed by atoms with E-state index in [1.54, 1.807) is 0 Å². The van der Waals surface area contributed by atoms with Crippen LogP contribution in [0.4, 0.5) is 0 Å². The number of rotatable bonds is 8. The van der Waals surface area contributed by atoms with E-state index in [2.05, 4.69) is 19.2 Å². The minimum atomic E-state index is 0.816. The zero-order valence-electron chi connectivity index (χ0n) is 12.7. The van der Waals surface area contributed by atoms with Gasteiger partial charge in [-0.05, 0) is 56.5 Å². The highest BCUT2D eigenvalue weighted by Crippen LogP contribution is 2.35. The van der Waals surface area contributed by atoms with Crippen molar-refractivity contribution in [2.24, 2.45) is 17.8 Å². The molecule has 0 aromatic heterocycles. The summed E-state index contributed by atoms with van der Waals surface area (Å²) in [6.45, 7) is 8.01. The number of methoxy groups -OCH3 is 1. The molecule has 0 saturated heterocycles. The van der Waals surface area contributed by atoms with Crippen LogP contribution < -0.4 is 5.32 Å². The van der Waals surface area contributed by atoms with E-state index in [1.807, 2.05) is 7.11 Å². The smallest absolute Gasteiger partial charge is 0.0464 e. The second-order valence-corrected chi connectivity index (χ2v) is 6.02. The molecular weight excluding hydrogens is 222 g/mol. The summed E-state index contributed by atoms with van der Waals surface area (Å²) in [5.74, 6) is 2.62. The number of hydrogen-bond donors (Lipinski definition) is 1. The summed E-state index contributed by atoms with van der Waals surface area (Å²) in [6, 6.07) is 0.